The molecule has 1 aromatic rings. The summed E-state index contributed by atoms with van der Waals surface area (Å²) in [6.45, 7) is 2.86. The van der Waals surface area contributed by atoms with Crippen molar-refractivity contribution in [3.05, 3.63) is 17.3 Å². The van der Waals surface area contributed by atoms with Gasteiger partial charge >= 0.3 is 0 Å². The fourth-order valence-electron chi connectivity index (χ4n) is 2.50. The highest BCUT2D eigenvalue weighted by Gasteiger charge is 2.26. The average molecular weight is 282 g/mol. The van der Waals surface area contributed by atoms with Crippen molar-refractivity contribution in [1.82, 2.24) is 4.98 Å². The van der Waals surface area contributed by atoms with E-state index in [0.29, 0.717) is 16.8 Å². The van der Waals surface area contributed by atoms with E-state index in [9.17, 15) is 0 Å². The van der Waals surface area contributed by atoms with Crippen LogP contribution in [0, 0.1) is 5.92 Å². The SMILES string of the molecule is Nc1cc(Cl)cnc1N1CCC(OCC2CC2)CC1. The molecular formula is C14H20ClN3O. The molecule has 0 radical (unpaired) electrons. The molecule has 19 heavy (non-hydrogen) atoms. The number of piperidine rings is 1. The van der Waals surface area contributed by atoms with Crippen molar-refractivity contribution in [3.63, 3.8) is 0 Å². The Morgan fingerprint density at radius 2 is 2.05 bits per heavy atom. The summed E-state index contributed by atoms with van der Waals surface area (Å²) in [5, 5.41) is 0.587. The van der Waals surface area contributed by atoms with Crippen molar-refractivity contribution in [2.45, 2.75) is 31.8 Å². The molecule has 0 spiro atoms. The van der Waals surface area contributed by atoms with Gasteiger partial charge in [0, 0.05) is 25.9 Å². The number of ether oxygens (including phenoxy) is 1. The summed E-state index contributed by atoms with van der Waals surface area (Å²) in [4.78, 5) is 6.56. The van der Waals surface area contributed by atoms with Crippen LogP contribution in [-0.2, 0) is 4.74 Å². The van der Waals surface area contributed by atoms with Gasteiger partial charge in [-0.05, 0) is 37.7 Å². The first-order valence-electron chi connectivity index (χ1n) is 7.00. The maximum absolute atomic E-state index is 5.97. The topological polar surface area (TPSA) is 51.4 Å². The van der Waals surface area contributed by atoms with Gasteiger partial charge in [0.1, 0.15) is 0 Å². The first-order valence-corrected chi connectivity index (χ1v) is 7.38. The third-order valence-corrected chi connectivity index (χ3v) is 4.07. The largest absolute Gasteiger partial charge is 0.396 e. The Morgan fingerprint density at radius 1 is 1.32 bits per heavy atom. The lowest BCUT2D eigenvalue weighted by Gasteiger charge is -2.33. The van der Waals surface area contributed by atoms with Crippen LogP contribution in [0.25, 0.3) is 0 Å². The molecule has 1 aliphatic carbocycles. The molecule has 2 fully saturated rings. The Morgan fingerprint density at radius 3 is 2.68 bits per heavy atom. The van der Waals surface area contributed by atoms with Crippen LogP contribution in [0.2, 0.25) is 5.02 Å². The standard InChI is InChI=1S/C14H20ClN3O/c15-11-7-13(16)14(17-8-11)18-5-3-12(4-6-18)19-9-10-1-2-10/h7-8,10,12H,1-6,9,16H2. The molecule has 2 N–H and O–H groups in total. The van der Waals surface area contributed by atoms with Gasteiger partial charge in [-0.3, -0.25) is 0 Å². The second-order valence-electron chi connectivity index (χ2n) is 5.53. The van der Waals surface area contributed by atoms with Crippen molar-refractivity contribution in [1.29, 1.82) is 0 Å². The maximum Gasteiger partial charge on any atom is 0.151 e. The Kier molecular flexibility index (Phi) is 3.80. The number of nitrogen functional groups attached to an aromatic ring is 1. The Hall–Kier alpha value is -1.00. The summed E-state index contributed by atoms with van der Waals surface area (Å²) in [6.07, 6.45) is 6.87. The summed E-state index contributed by atoms with van der Waals surface area (Å²) in [5.41, 5.74) is 6.63. The number of pyridine rings is 1. The lowest BCUT2D eigenvalue weighted by molar-refractivity contribution is 0.0304. The van der Waals surface area contributed by atoms with Gasteiger partial charge in [-0.1, -0.05) is 11.6 Å². The molecular weight excluding hydrogens is 262 g/mol. The second-order valence-corrected chi connectivity index (χ2v) is 5.97. The molecule has 2 aliphatic rings. The summed E-state index contributed by atoms with van der Waals surface area (Å²) in [5.74, 6) is 1.69. The van der Waals surface area contributed by atoms with Gasteiger partial charge in [-0.15, -0.1) is 0 Å². The Labute approximate surface area is 118 Å². The molecule has 0 amide bonds. The molecule has 0 atom stereocenters. The van der Waals surface area contributed by atoms with Gasteiger partial charge in [0.15, 0.2) is 5.82 Å². The highest BCUT2D eigenvalue weighted by atomic mass is 35.5. The molecule has 1 saturated heterocycles. The summed E-state index contributed by atoms with van der Waals surface area (Å²) < 4.78 is 5.94. The van der Waals surface area contributed by atoms with Gasteiger partial charge in [-0.25, -0.2) is 4.98 Å². The van der Waals surface area contributed by atoms with Crippen LogP contribution < -0.4 is 10.6 Å². The third kappa shape index (κ3) is 3.31. The number of halogens is 1. The molecule has 4 nitrogen and oxygen atoms in total. The number of aromatic nitrogens is 1. The molecule has 1 aromatic heterocycles. The minimum absolute atomic E-state index is 0.408. The predicted octanol–water partition coefficient (Wildman–Crippen LogP) is 2.71. The number of nitrogens with zero attached hydrogens (tertiary/aromatic N) is 2. The van der Waals surface area contributed by atoms with Crippen molar-refractivity contribution >= 4 is 23.1 Å². The molecule has 2 heterocycles. The van der Waals surface area contributed by atoms with Crippen LogP contribution in [0.15, 0.2) is 12.3 Å². The van der Waals surface area contributed by atoms with Crippen LogP contribution in [0.4, 0.5) is 11.5 Å². The number of anilines is 2. The Bertz CT molecular complexity index is 442. The monoisotopic (exact) mass is 281 g/mol. The van der Waals surface area contributed by atoms with Crippen molar-refractivity contribution in [3.8, 4) is 0 Å². The fraction of sp³-hybridized carbons (Fsp3) is 0.643. The summed E-state index contributed by atoms with van der Waals surface area (Å²) in [7, 11) is 0. The van der Waals surface area contributed by atoms with Gasteiger partial charge in [0.25, 0.3) is 0 Å². The van der Waals surface area contributed by atoms with Crippen LogP contribution in [0.5, 0.6) is 0 Å². The maximum atomic E-state index is 5.97. The highest BCUT2D eigenvalue weighted by molar-refractivity contribution is 6.30. The summed E-state index contributed by atoms with van der Waals surface area (Å²) in [6, 6.07) is 1.76. The van der Waals surface area contributed by atoms with E-state index < -0.39 is 0 Å². The first kappa shape index (κ1) is 13.0. The third-order valence-electron chi connectivity index (χ3n) is 3.87. The second kappa shape index (κ2) is 5.55. The highest BCUT2D eigenvalue weighted by Crippen LogP contribution is 2.31. The van der Waals surface area contributed by atoms with Crippen molar-refractivity contribution in [2.75, 3.05) is 30.3 Å². The van der Waals surface area contributed by atoms with E-state index in [1.807, 2.05) is 0 Å². The molecule has 1 saturated carbocycles. The van der Waals surface area contributed by atoms with Crippen LogP contribution in [0.1, 0.15) is 25.7 Å². The predicted molar refractivity (Wildman–Crippen MR) is 77.6 cm³/mol. The van der Waals surface area contributed by atoms with Crippen molar-refractivity contribution < 1.29 is 4.74 Å². The van der Waals surface area contributed by atoms with E-state index in [4.69, 9.17) is 22.1 Å². The first-order chi connectivity index (χ1) is 9.22. The van der Waals surface area contributed by atoms with Crippen LogP contribution in [0.3, 0.4) is 0 Å². The minimum atomic E-state index is 0.408. The summed E-state index contributed by atoms with van der Waals surface area (Å²) >= 11 is 5.87. The minimum Gasteiger partial charge on any atom is -0.396 e. The average Bonchev–Trinajstić information content (AvgIpc) is 3.21. The van der Waals surface area contributed by atoms with E-state index in [1.165, 1.54) is 12.8 Å². The smallest absolute Gasteiger partial charge is 0.151 e. The molecule has 104 valence electrons. The number of hydrogen-bond acceptors (Lipinski definition) is 4. The molecule has 3 rings (SSSR count). The zero-order valence-electron chi connectivity index (χ0n) is 11.0. The zero-order chi connectivity index (χ0) is 13.2. The molecule has 0 bridgehead atoms. The van der Waals surface area contributed by atoms with E-state index in [1.54, 1.807) is 12.3 Å². The number of rotatable bonds is 4. The lowest BCUT2D eigenvalue weighted by Crippen LogP contribution is -2.38. The van der Waals surface area contributed by atoms with Gasteiger partial charge in [-0.2, -0.15) is 0 Å². The normalized spacial score (nSPS) is 20.8. The quantitative estimate of drug-likeness (QED) is 0.922. The van der Waals surface area contributed by atoms with E-state index >= 15 is 0 Å². The van der Waals surface area contributed by atoms with Crippen molar-refractivity contribution in [2.24, 2.45) is 5.92 Å². The van der Waals surface area contributed by atoms with Gasteiger partial charge in [0.05, 0.1) is 16.8 Å². The van der Waals surface area contributed by atoms with Gasteiger partial charge in [0.2, 0.25) is 0 Å². The van der Waals surface area contributed by atoms with E-state index in [2.05, 4.69) is 9.88 Å². The molecule has 5 heteroatoms. The zero-order valence-corrected chi connectivity index (χ0v) is 11.8. The fourth-order valence-corrected chi connectivity index (χ4v) is 2.67. The Balaban J connectivity index is 1.53. The van der Waals surface area contributed by atoms with E-state index in [0.717, 1.165) is 44.3 Å². The molecule has 0 unspecified atom stereocenters. The number of hydrogen-bond donors (Lipinski definition) is 1. The lowest BCUT2D eigenvalue weighted by atomic mass is 10.1. The van der Waals surface area contributed by atoms with Crippen LogP contribution in [-0.4, -0.2) is 30.8 Å². The van der Waals surface area contributed by atoms with Crippen LogP contribution >= 0.6 is 11.6 Å². The van der Waals surface area contributed by atoms with E-state index in [-0.39, 0.29) is 0 Å². The molecule has 0 aromatic carbocycles. The number of nitrogens with two attached hydrogens (primary N) is 1. The molecule has 1 aliphatic heterocycles. The van der Waals surface area contributed by atoms with Gasteiger partial charge < -0.3 is 15.4 Å².